The van der Waals surface area contributed by atoms with Gasteiger partial charge < -0.3 is 10.2 Å². The fourth-order valence-electron chi connectivity index (χ4n) is 2.25. The number of likely N-dealkylation sites (N-methyl/N-ethyl adjacent to an activating group) is 1. The summed E-state index contributed by atoms with van der Waals surface area (Å²) in [6.07, 6.45) is 1.49. The van der Waals surface area contributed by atoms with Gasteiger partial charge in [0, 0.05) is 24.5 Å². The first-order chi connectivity index (χ1) is 10.0. The van der Waals surface area contributed by atoms with Crippen molar-refractivity contribution in [2.75, 3.05) is 23.9 Å². The molecule has 1 aliphatic heterocycles. The van der Waals surface area contributed by atoms with Crippen molar-refractivity contribution in [1.29, 1.82) is 0 Å². The van der Waals surface area contributed by atoms with Gasteiger partial charge in [0.2, 0.25) is 0 Å². The average molecular weight is 310 g/mol. The monoisotopic (exact) mass is 310 g/mol. The molecular weight excluding hydrogens is 291 g/mol. The molecule has 1 N–H and O–H groups in total. The Bertz CT molecular complexity index is 544. The van der Waals surface area contributed by atoms with Crippen molar-refractivity contribution < 1.29 is 14.0 Å². The van der Waals surface area contributed by atoms with Crippen LogP contribution in [0, 0.1) is 5.82 Å². The van der Waals surface area contributed by atoms with E-state index in [1.165, 1.54) is 11.0 Å². The summed E-state index contributed by atoms with van der Waals surface area (Å²) in [5.74, 6) is 0.187. The van der Waals surface area contributed by atoms with Crippen LogP contribution in [0.15, 0.2) is 18.2 Å². The molecule has 1 aliphatic rings. The highest BCUT2D eigenvalue weighted by atomic mass is 32.2. The maximum atomic E-state index is 13.7. The van der Waals surface area contributed by atoms with Crippen molar-refractivity contribution >= 4 is 29.3 Å². The standard InChI is InChI=1S/C15H19FN2O2S/c1-3-10-4-5-11(8-13(10)16)17-14(19)15(20)18(2)12-6-7-21-9-12/h4-5,8,12H,3,6-7,9H2,1-2H3,(H,17,19)/t12-/m1/s1. The molecule has 0 spiro atoms. The molecule has 21 heavy (non-hydrogen) atoms. The lowest BCUT2D eigenvalue weighted by atomic mass is 10.1. The predicted molar refractivity (Wildman–Crippen MR) is 82.9 cm³/mol. The predicted octanol–water partition coefficient (Wildman–Crippen LogP) is 2.29. The van der Waals surface area contributed by atoms with E-state index in [2.05, 4.69) is 5.32 Å². The van der Waals surface area contributed by atoms with Crippen LogP contribution < -0.4 is 5.32 Å². The summed E-state index contributed by atoms with van der Waals surface area (Å²) in [5, 5.41) is 2.46. The zero-order chi connectivity index (χ0) is 15.4. The molecule has 0 unspecified atom stereocenters. The van der Waals surface area contributed by atoms with E-state index in [4.69, 9.17) is 0 Å². The Morgan fingerprint density at radius 2 is 2.24 bits per heavy atom. The van der Waals surface area contributed by atoms with Crippen LogP contribution in [0.3, 0.4) is 0 Å². The molecule has 6 heteroatoms. The van der Waals surface area contributed by atoms with E-state index in [-0.39, 0.29) is 11.9 Å². The van der Waals surface area contributed by atoms with Crippen LogP contribution in [0.2, 0.25) is 0 Å². The number of hydrogen-bond acceptors (Lipinski definition) is 3. The van der Waals surface area contributed by atoms with Crippen molar-refractivity contribution in [3.63, 3.8) is 0 Å². The maximum Gasteiger partial charge on any atom is 0.313 e. The Labute approximate surface area is 128 Å². The minimum atomic E-state index is -0.724. The van der Waals surface area contributed by atoms with Crippen molar-refractivity contribution in [2.45, 2.75) is 25.8 Å². The van der Waals surface area contributed by atoms with Gasteiger partial charge in [-0.05, 0) is 36.3 Å². The first-order valence-corrected chi connectivity index (χ1v) is 8.12. The number of carbonyl (C=O) groups is 2. The summed E-state index contributed by atoms with van der Waals surface area (Å²) in [5.41, 5.74) is 0.886. The topological polar surface area (TPSA) is 49.4 Å². The van der Waals surface area contributed by atoms with Crippen LogP contribution in [0.5, 0.6) is 0 Å². The van der Waals surface area contributed by atoms with E-state index in [0.29, 0.717) is 17.7 Å². The number of nitrogens with one attached hydrogen (secondary N) is 1. The van der Waals surface area contributed by atoms with Crippen molar-refractivity contribution in [3.8, 4) is 0 Å². The molecule has 1 fully saturated rings. The number of thioether (sulfide) groups is 1. The third-order valence-corrected chi connectivity index (χ3v) is 4.80. The Balaban J connectivity index is 2.00. The van der Waals surface area contributed by atoms with Gasteiger partial charge in [-0.2, -0.15) is 11.8 Å². The van der Waals surface area contributed by atoms with Crippen LogP contribution in [0.4, 0.5) is 10.1 Å². The van der Waals surface area contributed by atoms with E-state index in [1.807, 2.05) is 6.92 Å². The zero-order valence-corrected chi connectivity index (χ0v) is 13.0. The number of benzene rings is 1. The third kappa shape index (κ3) is 3.75. The van der Waals surface area contributed by atoms with Gasteiger partial charge in [-0.3, -0.25) is 9.59 Å². The average Bonchev–Trinajstić information content (AvgIpc) is 3.00. The smallest absolute Gasteiger partial charge is 0.313 e. The van der Waals surface area contributed by atoms with E-state index in [9.17, 15) is 14.0 Å². The normalized spacial score (nSPS) is 17.6. The van der Waals surface area contributed by atoms with E-state index >= 15 is 0 Å². The van der Waals surface area contributed by atoms with Gasteiger partial charge in [0.15, 0.2) is 0 Å². The second kappa shape index (κ2) is 6.93. The number of aryl methyl sites for hydroxylation is 1. The zero-order valence-electron chi connectivity index (χ0n) is 12.2. The summed E-state index contributed by atoms with van der Waals surface area (Å²) in [6.45, 7) is 1.86. The third-order valence-electron chi connectivity index (χ3n) is 3.66. The first-order valence-electron chi connectivity index (χ1n) is 6.97. The molecule has 0 radical (unpaired) electrons. The van der Waals surface area contributed by atoms with Gasteiger partial charge in [0.05, 0.1) is 0 Å². The number of rotatable bonds is 3. The lowest BCUT2D eigenvalue weighted by molar-refractivity contribution is -0.143. The molecule has 0 aliphatic carbocycles. The number of anilines is 1. The number of halogens is 1. The Morgan fingerprint density at radius 1 is 1.48 bits per heavy atom. The second-order valence-electron chi connectivity index (χ2n) is 5.05. The largest absolute Gasteiger partial charge is 0.334 e. The number of hydrogen-bond donors (Lipinski definition) is 1. The maximum absolute atomic E-state index is 13.7. The Morgan fingerprint density at radius 3 is 2.81 bits per heavy atom. The summed E-state index contributed by atoms with van der Waals surface area (Å²) < 4.78 is 13.7. The lowest BCUT2D eigenvalue weighted by Crippen LogP contribution is -2.43. The lowest BCUT2D eigenvalue weighted by Gasteiger charge is -2.23. The second-order valence-corrected chi connectivity index (χ2v) is 6.20. The molecule has 1 heterocycles. The molecule has 1 aromatic rings. The fourth-order valence-corrected chi connectivity index (χ4v) is 3.52. The first kappa shape index (κ1) is 15.8. The summed E-state index contributed by atoms with van der Waals surface area (Å²) in [4.78, 5) is 25.5. The molecule has 114 valence electrons. The van der Waals surface area contributed by atoms with E-state index < -0.39 is 11.8 Å². The molecule has 2 rings (SSSR count). The van der Waals surface area contributed by atoms with Gasteiger partial charge in [0.1, 0.15) is 5.82 Å². The van der Waals surface area contributed by atoms with Crippen LogP contribution in [0.1, 0.15) is 18.9 Å². The van der Waals surface area contributed by atoms with Crippen molar-refractivity contribution in [1.82, 2.24) is 4.90 Å². The summed E-state index contributed by atoms with van der Waals surface area (Å²) in [6, 6.07) is 4.58. The Kier molecular flexibility index (Phi) is 5.22. The van der Waals surface area contributed by atoms with Gasteiger partial charge >= 0.3 is 11.8 Å². The van der Waals surface area contributed by atoms with Gasteiger partial charge in [-0.25, -0.2) is 4.39 Å². The fraction of sp³-hybridized carbons (Fsp3) is 0.467. The molecule has 1 aromatic carbocycles. The quantitative estimate of drug-likeness (QED) is 0.872. The van der Waals surface area contributed by atoms with Gasteiger partial charge in [0.25, 0.3) is 0 Å². The SMILES string of the molecule is CCc1ccc(NC(=O)C(=O)N(C)[C@@H]2CCSC2)cc1F. The molecule has 0 saturated carbocycles. The molecular formula is C15H19FN2O2S. The van der Waals surface area contributed by atoms with Crippen molar-refractivity contribution in [3.05, 3.63) is 29.6 Å². The number of carbonyl (C=O) groups excluding carboxylic acids is 2. The Hall–Kier alpha value is -1.56. The van der Waals surface area contributed by atoms with Crippen LogP contribution in [-0.2, 0) is 16.0 Å². The molecule has 0 bridgehead atoms. The van der Waals surface area contributed by atoms with Crippen molar-refractivity contribution in [2.24, 2.45) is 0 Å². The van der Waals surface area contributed by atoms with E-state index in [1.54, 1.807) is 30.9 Å². The minimum absolute atomic E-state index is 0.104. The van der Waals surface area contributed by atoms with Crippen LogP contribution in [-0.4, -0.2) is 41.3 Å². The summed E-state index contributed by atoms with van der Waals surface area (Å²) >= 11 is 1.77. The molecule has 0 aromatic heterocycles. The van der Waals surface area contributed by atoms with Crippen LogP contribution >= 0.6 is 11.8 Å². The number of nitrogens with zero attached hydrogens (tertiary/aromatic N) is 1. The van der Waals surface area contributed by atoms with Gasteiger partial charge in [-0.1, -0.05) is 13.0 Å². The molecule has 4 nitrogen and oxygen atoms in total. The molecule has 1 atom stereocenters. The highest BCUT2D eigenvalue weighted by molar-refractivity contribution is 7.99. The minimum Gasteiger partial charge on any atom is -0.334 e. The van der Waals surface area contributed by atoms with Crippen LogP contribution in [0.25, 0.3) is 0 Å². The highest BCUT2D eigenvalue weighted by Crippen LogP contribution is 2.21. The molecule has 2 amide bonds. The van der Waals surface area contributed by atoms with E-state index in [0.717, 1.165) is 17.9 Å². The van der Waals surface area contributed by atoms with Gasteiger partial charge in [-0.15, -0.1) is 0 Å². The molecule has 1 saturated heterocycles. The number of amides is 2. The summed E-state index contributed by atoms with van der Waals surface area (Å²) in [7, 11) is 1.64. The highest BCUT2D eigenvalue weighted by Gasteiger charge is 2.28.